The van der Waals surface area contributed by atoms with Crippen LogP contribution in [0.2, 0.25) is 0 Å². The van der Waals surface area contributed by atoms with Gasteiger partial charge in [-0.15, -0.1) is 0 Å². The van der Waals surface area contributed by atoms with Crippen LogP contribution in [0.3, 0.4) is 0 Å². The van der Waals surface area contributed by atoms with E-state index in [1.807, 2.05) is 48.5 Å². The molecule has 4 nitrogen and oxygen atoms in total. The molecule has 2 aromatic carbocycles. The van der Waals surface area contributed by atoms with E-state index in [1.165, 1.54) is 0 Å². The SMILES string of the molecule is COc1ccccc1C(NN)c1ccccc1N. The highest BCUT2D eigenvalue weighted by atomic mass is 16.5. The van der Waals surface area contributed by atoms with Gasteiger partial charge < -0.3 is 10.5 Å². The van der Waals surface area contributed by atoms with Crippen molar-refractivity contribution in [3.63, 3.8) is 0 Å². The van der Waals surface area contributed by atoms with Crippen molar-refractivity contribution in [1.82, 2.24) is 5.43 Å². The normalized spacial score (nSPS) is 12.1. The average Bonchev–Trinajstić information content (AvgIpc) is 2.42. The fourth-order valence-electron chi connectivity index (χ4n) is 2.03. The molecule has 18 heavy (non-hydrogen) atoms. The van der Waals surface area contributed by atoms with Crippen LogP contribution in [-0.2, 0) is 0 Å². The first-order valence-electron chi connectivity index (χ1n) is 5.71. The fourth-order valence-corrected chi connectivity index (χ4v) is 2.03. The van der Waals surface area contributed by atoms with Crippen LogP contribution in [0.15, 0.2) is 48.5 Å². The Balaban J connectivity index is 2.49. The van der Waals surface area contributed by atoms with E-state index in [0.717, 1.165) is 16.9 Å². The van der Waals surface area contributed by atoms with Gasteiger partial charge in [0.25, 0.3) is 0 Å². The molecule has 0 heterocycles. The Morgan fingerprint density at radius 1 is 1.00 bits per heavy atom. The molecule has 0 aliphatic rings. The van der Waals surface area contributed by atoms with E-state index in [4.69, 9.17) is 16.3 Å². The van der Waals surface area contributed by atoms with E-state index in [-0.39, 0.29) is 6.04 Å². The van der Waals surface area contributed by atoms with Gasteiger partial charge in [0, 0.05) is 11.3 Å². The third-order valence-corrected chi connectivity index (χ3v) is 2.92. The number of hydrogen-bond donors (Lipinski definition) is 3. The first kappa shape index (κ1) is 12.4. The minimum absolute atomic E-state index is 0.192. The van der Waals surface area contributed by atoms with E-state index in [2.05, 4.69) is 5.43 Å². The lowest BCUT2D eigenvalue weighted by molar-refractivity contribution is 0.404. The van der Waals surface area contributed by atoms with Crippen LogP contribution in [0.1, 0.15) is 17.2 Å². The van der Waals surface area contributed by atoms with Crippen molar-refractivity contribution in [1.29, 1.82) is 0 Å². The number of nitrogens with two attached hydrogens (primary N) is 2. The molecule has 94 valence electrons. The van der Waals surface area contributed by atoms with Crippen LogP contribution in [-0.4, -0.2) is 7.11 Å². The zero-order valence-corrected chi connectivity index (χ0v) is 10.3. The lowest BCUT2D eigenvalue weighted by Gasteiger charge is -2.20. The number of methoxy groups -OCH3 is 1. The zero-order chi connectivity index (χ0) is 13.0. The van der Waals surface area contributed by atoms with E-state index in [0.29, 0.717) is 5.69 Å². The Morgan fingerprint density at radius 3 is 2.22 bits per heavy atom. The molecule has 0 radical (unpaired) electrons. The van der Waals surface area contributed by atoms with Crippen LogP contribution in [0.25, 0.3) is 0 Å². The maximum atomic E-state index is 5.99. The second-order valence-electron chi connectivity index (χ2n) is 3.97. The molecule has 1 atom stereocenters. The second kappa shape index (κ2) is 5.53. The second-order valence-corrected chi connectivity index (χ2v) is 3.97. The van der Waals surface area contributed by atoms with Crippen molar-refractivity contribution in [3.8, 4) is 5.75 Å². The van der Waals surface area contributed by atoms with Gasteiger partial charge in [0.15, 0.2) is 0 Å². The maximum Gasteiger partial charge on any atom is 0.124 e. The van der Waals surface area contributed by atoms with Crippen LogP contribution >= 0.6 is 0 Å². The van der Waals surface area contributed by atoms with Gasteiger partial charge in [-0.1, -0.05) is 36.4 Å². The number of nitrogen functional groups attached to an aromatic ring is 1. The van der Waals surface area contributed by atoms with Crippen molar-refractivity contribution < 1.29 is 4.74 Å². The van der Waals surface area contributed by atoms with Crippen molar-refractivity contribution >= 4 is 5.69 Å². The summed E-state index contributed by atoms with van der Waals surface area (Å²) in [6.07, 6.45) is 0. The van der Waals surface area contributed by atoms with Gasteiger partial charge in [0.1, 0.15) is 5.75 Å². The number of hydrogen-bond acceptors (Lipinski definition) is 4. The number of ether oxygens (including phenoxy) is 1. The molecule has 0 saturated carbocycles. The Hall–Kier alpha value is -2.04. The summed E-state index contributed by atoms with van der Waals surface area (Å²) in [5.74, 6) is 6.45. The number of rotatable bonds is 4. The third kappa shape index (κ3) is 2.30. The summed E-state index contributed by atoms with van der Waals surface area (Å²) in [5.41, 5.74) is 11.4. The predicted molar refractivity (Wildman–Crippen MR) is 73.0 cm³/mol. The Bertz CT molecular complexity index is 528. The molecular formula is C14H17N3O. The van der Waals surface area contributed by atoms with Gasteiger partial charge >= 0.3 is 0 Å². The average molecular weight is 243 g/mol. The molecule has 0 saturated heterocycles. The molecule has 4 heteroatoms. The maximum absolute atomic E-state index is 5.99. The van der Waals surface area contributed by atoms with Crippen molar-refractivity contribution in [3.05, 3.63) is 59.7 Å². The Kier molecular flexibility index (Phi) is 3.82. The Labute approximate surface area is 107 Å². The summed E-state index contributed by atoms with van der Waals surface area (Å²) in [6, 6.07) is 15.2. The topological polar surface area (TPSA) is 73.3 Å². The molecule has 0 aromatic heterocycles. The smallest absolute Gasteiger partial charge is 0.124 e. The molecule has 0 spiro atoms. The van der Waals surface area contributed by atoms with E-state index >= 15 is 0 Å². The van der Waals surface area contributed by atoms with Crippen LogP contribution < -0.4 is 21.7 Å². The molecule has 2 rings (SSSR count). The summed E-state index contributed by atoms with van der Waals surface area (Å²) >= 11 is 0. The summed E-state index contributed by atoms with van der Waals surface area (Å²) in [6.45, 7) is 0. The highest BCUT2D eigenvalue weighted by Crippen LogP contribution is 2.31. The van der Waals surface area contributed by atoms with E-state index < -0.39 is 0 Å². The number of benzene rings is 2. The molecule has 1 unspecified atom stereocenters. The first-order valence-corrected chi connectivity index (χ1v) is 5.71. The number of para-hydroxylation sites is 2. The minimum Gasteiger partial charge on any atom is -0.496 e. The third-order valence-electron chi connectivity index (χ3n) is 2.92. The highest BCUT2D eigenvalue weighted by Gasteiger charge is 2.18. The number of hydrazine groups is 1. The Morgan fingerprint density at radius 2 is 1.61 bits per heavy atom. The van der Waals surface area contributed by atoms with E-state index in [1.54, 1.807) is 7.11 Å². The fraction of sp³-hybridized carbons (Fsp3) is 0.143. The van der Waals surface area contributed by atoms with E-state index in [9.17, 15) is 0 Å². The molecule has 2 aromatic rings. The van der Waals surface area contributed by atoms with Crippen molar-refractivity contribution in [2.45, 2.75) is 6.04 Å². The number of anilines is 1. The summed E-state index contributed by atoms with van der Waals surface area (Å²) in [5, 5.41) is 0. The van der Waals surface area contributed by atoms with Gasteiger partial charge in [0.2, 0.25) is 0 Å². The van der Waals surface area contributed by atoms with Crippen LogP contribution in [0, 0.1) is 0 Å². The lowest BCUT2D eigenvalue weighted by atomic mass is 9.97. The van der Waals surface area contributed by atoms with Crippen molar-refractivity contribution in [2.24, 2.45) is 5.84 Å². The summed E-state index contributed by atoms with van der Waals surface area (Å²) < 4.78 is 5.35. The minimum atomic E-state index is -0.192. The molecule has 0 aliphatic carbocycles. The van der Waals surface area contributed by atoms with Gasteiger partial charge in [-0.05, 0) is 17.7 Å². The largest absolute Gasteiger partial charge is 0.496 e. The zero-order valence-electron chi connectivity index (χ0n) is 10.3. The van der Waals surface area contributed by atoms with Crippen molar-refractivity contribution in [2.75, 3.05) is 12.8 Å². The van der Waals surface area contributed by atoms with Gasteiger partial charge in [-0.2, -0.15) is 0 Å². The van der Waals surface area contributed by atoms with Gasteiger partial charge in [-0.3, -0.25) is 5.84 Å². The summed E-state index contributed by atoms with van der Waals surface area (Å²) in [4.78, 5) is 0. The molecule has 0 aliphatic heterocycles. The monoisotopic (exact) mass is 243 g/mol. The molecule has 0 bridgehead atoms. The number of nitrogens with one attached hydrogen (secondary N) is 1. The molecule has 5 N–H and O–H groups in total. The molecular weight excluding hydrogens is 226 g/mol. The molecule has 0 amide bonds. The first-order chi connectivity index (χ1) is 8.77. The quantitative estimate of drug-likeness (QED) is 0.435. The predicted octanol–water partition coefficient (Wildman–Crippen LogP) is 1.83. The summed E-state index contributed by atoms with van der Waals surface area (Å²) in [7, 11) is 1.64. The van der Waals surface area contributed by atoms with Gasteiger partial charge in [-0.25, -0.2) is 5.43 Å². The van der Waals surface area contributed by atoms with Crippen LogP contribution in [0.5, 0.6) is 5.75 Å². The van der Waals surface area contributed by atoms with Gasteiger partial charge in [0.05, 0.1) is 13.2 Å². The lowest BCUT2D eigenvalue weighted by Crippen LogP contribution is -2.29. The van der Waals surface area contributed by atoms with Crippen LogP contribution in [0.4, 0.5) is 5.69 Å². The standard InChI is InChI=1S/C14H17N3O/c1-18-13-9-5-3-7-11(13)14(17-16)10-6-2-4-8-12(10)15/h2-9,14,17H,15-16H2,1H3. The molecule has 0 fully saturated rings. The highest BCUT2D eigenvalue weighted by molar-refractivity contribution is 5.53.